The number of nitrogens with zero attached hydrogens (tertiary/aromatic N) is 3. The van der Waals surface area contributed by atoms with Crippen LogP contribution in [0.15, 0.2) is 35.8 Å². The highest BCUT2D eigenvalue weighted by molar-refractivity contribution is 7.12. The van der Waals surface area contributed by atoms with E-state index in [2.05, 4.69) is 4.98 Å². The van der Waals surface area contributed by atoms with Crippen molar-refractivity contribution in [1.82, 2.24) is 14.8 Å². The Morgan fingerprint density at radius 3 is 2.48 bits per heavy atom. The molecule has 0 radical (unpaired) electrons. The molecule has 0 atom stereocenters. The van der Waals surface area contributed by atoms with Gasteiger partial charge in [-0.2, -0.15) is 0 Å². The lowest BCUT2D eigenvalue weighted by molar-refractivity contribution is -0.132. The normalized spacial score (nSPS) is 14.8. The zero-order valence-corrected chi connectivity index (χ0v) is 13.5. The third-order valence-electron chi connectivity index (χ3n) is 3.83. The highest BCUT2D eigenvalue weighted by atomic mass is 32.1. The second kappa shape index (κ2) is 6.78. The second-order valence-electron chi connectivity index (χ2n) is 5.41. The van der Waals surface area contributed by atoms with Crippen LogP contribution in [0.2, 0.25) is 0 Å². The number of hydrogen-bond acceptors (Lipinski definition) is 5. The van der Waals surface area contributed by atoms with Gasteiger partial charge in [-0.3, -0.25) is 14.6 Å². The summed E-state index contributed by atoms with van der Waals surface area (Å²) in [7, 11) is 0. The molecule has 3 heterocycles. The number of rotatable bonds is 3. The van der Waals surface area contributed by atoms with Crippen molar-refractivity contribution >= 4 is 28.8 Å². The Labute approximate surface area is 138 Å². The molecule has 6 nitrogen and oxygen atoms in total. The summed E-state index contributed by atoms with van der Waals surface area (Å²) in [6.07, 6.45) is 1.82. The van der Waals surface area contributed by atoms with Crippen LogP contribution >= 0.6 is 11.3 Å². The predicted molar refractivity (Wildman–Crippen MR) is 89.2 cm³/mol. The lowest BCUT2D eigenvalue weighted by Gasteiger charge is -2.34. The summed E-state index contributed by atoms with van der Waals surface area (Å²) in [5, 5.41) is 1.90. The number of carbonyl (C=O) groups excluding carboxylic acids is 2. The van der Waals surface area contributed by atoms with Crippen molar-refractivity contribution in [3.8, 4) is 0 Å². The molecule has 2 aromatic rings. The molecule has 1 aliphatic heterocycles. The number of anilines is 1. The maximum Gasteiger partial charge on any atom is 0.264 e. The molecule has 7 heteroatoms. The van der Waals surface area contributed by atoms with E-state index in [0.717, 1.165) is 4.88 Å². The van der Waals surface area contributed by atoms with Crippen molar-refractivity contribution < 1.29 is 9.59 Å². The maximum atomic E-state index is 12.3. The zero-order chi connectivity index (χ0) is 16.2. The van der Waals surface area contributed by atoms with Crippen molar-refractivity contribution in [2.24, 2.45) is 0 Å². The number of nitrogen functional groups attached to an aromatic ring is 1. The van der Waals surface area contributed by atoms with E-state index in [0.29, 0.717) is 37.6 Å². The van der Waals surface area contributed by atoms with Crippen LogP contribution in [-0.2, 0) is 11.2 Å². The fourth-order valence-corrected chi connectivity index (χ4v) is 3.21. The SMILES string of the molecule is Nc1ccc(CC(=O)N2CCN(C(=O)c3cccs3)CC2)nc1. The number of pyridine rings is 1. The third kappa shape index (κ3) is 3.68. The molecule has 2 N–H and O–H groups in total. The fraction of sp³-hybridized carbons (Fsp3) is 0.312. The van der Waals surface area contributed by atoms with Crippen LogP contribution in [0.3, 0.4) is 0 Å². The van der Waals surface area contributed by atoms with Gasteiger partial charge in [0, 0.05) is 31.9 Å². The number of aromatic nitrogens is 1. The molecule has 1 aliphatic rings. The summed E-state index contributed by atoms with van der Waals surface area (Å²) in [6.45, 7) is 2.26. The zero-order valence-electron chi connectivity index (χ0n) is 12.6. The molecule has 3 rings (SSSR count). The van der Waals surface area contributed by atoms with Gasteiger partial charge in [-0.05, 0) is 23.6 Å². The van der Waals surface area contributed by atoms with Crippen molar-refractivity contribution in [1.29, 1.82) is 0 Å². The van der Waals surface area contributed by atoms with Crippen LogP contribution in [0, 0.1) is 0 Å². The van der Waals surface area contributed by atoms with Gasteiger partial charge in [-0.1, -0.05) is 6.07 Å². The van der Waals surface area contributed by atoms with Crippen LogP contribution in [-0.4, -0.2) is 52.8 Å². The van der Waals surface area contributed by atoms with Crippen molar-refractivity contribution in [3.63, 3.8) is 0 Å². The molecule has 0 unspecified atom stereocenters. The molecule has 0 aromatic carbocycles. The van der Waals surface area contributed by atoms with E-state index < -0.39 is 0 Å². The maximum absolute atomic E-state index is 12.3. The number of nitrogens with two attached hydrogens (primary N) is 1. The summed E-state index contributed by atoms with van der Waals surface area (Å²) in [4.78, 5) is 33.1. The van der Waals surface area contributed by atoms with Gasteiger partial charge < -0.3 is 15.5 Å². The topological polar surface area (TPSA) is 79.5 Å². The second-order valence-corrected chi connectivity index (χ2v) is 6.36. The Hall–Kier alpha value is -2.41. The molecule has 0 bridgehead atoms. The van der Waals surface area contributed by atoms with Crippen LogP contribution < -0.4 is 5.73 Å². The van der Waals surface area contributed by atoms with Crippen molar-refractivity contribution in [2.45, 2.75) is 6.42 Å². The van der Waals surface area contributed by atoms with Crippen LogP contribution in [0.5, 0.6) is 0 Å². The Kier molecular flexibility index (Phi) is 4.57. The highest BCUT2D eigenvalue weighted by Crippen LogP contribution is 2.14. The highest BCUT2D eigenvalue weighted by Gasteiger charge is 2.25. The molecule has 0 spiro atoms. The predicted octanol–water partition coefficient (Wildman–Crippen LogP) is 1.25. The fourth-order valence-electron chi connectivity index (χ4n) is 2.52. The molecule has 1 fully saturated rings. The summed E-state index contributed by atoms with van der Waals surface area (Å²) in [5.74, 6) is 0.0813. The molecule has 23 heavy (non-hydrogen) atoms. The first-order chi connectivity index (χ1) is 11.1. The lowest BCUT2D eigenvalue weighted by Crippen LogP contribution is -2.50. The standard InChI is InChI=1S/C16H18N4O2S/c17-12-3-4-13(18-11-12)10-15(21)19-5-7-20(8-6-19)16(22)14-2-1-9-23-14/h1-4,9,11H,5-8,10,17H2. The van der Waals surface area contributed by atoms with Crippen molar-refractivity contribution in [3.05, 3.63) is 46.4 Å². The Morgan fingerprint density at radius 1 is 1.13 bits per heavy atom. The van der Waals surface area contributed by atoms with Crippen LogP contribution in [0.4, 0.5) is 5.69 Å². The first kappa shape index (κ1) is 15.5. The van der Waals surface area contributed by atoms with Gasteiger partial charge in [0.25, 0.3) is 5.91 Å². The first-order valence-electron chi connectivity index (χ1n) is 7.44. The van der Waals surface area contributed by atoms with E-state index in [4.69, 9.17) is 5.73 Å². The first-order valence-corrected chi connectivity index (χ1v) is 8.32. The molecule has 0 aliphatic carbocycles. The third-order valence-corrected chi connectivity index (χ3v) is 4.69. The summed E-state index contributed by atoms with van der Waals surface area (Å²) < 4.78 is 0. The molecule has 120 valence electrons. The minimum atomic E-state index is 0.0329. The van der Waals surface area contributed by atoms with Gasteiger partial charge in [0.2, 0.25) is 5.91 Å². The van der Waals surface area contributed by atoms with Gasteiger partial charge >= 0.3 is 0 Å². The molecular formula is C16H18N4O2S. The average Bonchev–Trinajstić information content (AvgIpc) is 3.11. The minimum absolute atomic E-state index is 0.0329. The van der Waals surface area contributed by atoms with Crippen LogP contribution in [0.1, 0.15) is 15.4 Å². The molecule has 1 saturated heterocycles. The number of piperazine rings is 1. The van der Waals surface area contributed by atoms with Gasteiger partial charge in [0.15, 0.2) is 0 Å². The lowest BCUT2D eigenvalue weighted by atomic mass is 10.2. The van der Waals surface area contributed by atoms with E-state index in [1.807, 2.05) is 17.5 Å². The van der Waals surface area contributed by atoms with Gasteiger partial charge in [-0.15, -0.1) is 11.3 Å². The Morgan fingerprint density at radius 2 is 1.87 bits per heavy atom. The Balaban J connectivity index is 1.53. The molecule has 0 saturated carbocycles. The van der Waals surface area contributed by atoms with Gasteiger partial charge in [0.1, 0.15) is 0 Å². The van der Waals surface area contributed by atoms with E-state index in [9.17, 15) is 9.59 Å². The monoisotopic (exact) mass is 330 g/mol. The largest absolute Gasteiger partial charge is 0.397 e. The average molecular weight is 330 g/mol. The number of amides is 2. The summed E-state index contributed by atoms with van der Waals surface area (Å²) in [5.41, 5.74) is 6.88. The molecule has 2 aromatic heterocycles. The van der Waals surface area contributed by atoms with Crippen LogP contribution in [0.25, 0.3) is 0 Å². The van der Waals surface area contributed by atoms with E-state index in [-0.39, 0.29) is 18.2 Å². The molecule has 2 amide bonds. The number of thiophene rings is 1. The smallest absolute Gasteiger partial charge is 0.264 e. The van der Waals surface area contributed by atoms with Gasteiger partial charge in [0.05, 0.1) is 23.2 Å². The minimum Gasteiger partial charge on any atom is -0.397 e. The Bertz CT molecular complexity index is 677. The van der Waals surface area contributed by atoms with E-state index >= 15 is 0 Å². The van der Waals surface area contributed by atoms with Crippen molar-refractivity contribution in [2.75, 3.05) is 31.9 Å². The van der Waals surface area contributed by atoms with E-state index in [1.165, 1.54) is 11.3 Å². The quantitative estimate of drug-likeness (QED) is 0.918. The molecular weight excluding hydrogens is 312 g/mol. The number of hydrogen-bond donors (Lipinski definition) is 1. The summed E-state index contributed by atoms with van der Waals surface area (Å²) >= 11 is 1.44. The number of carbonyl (C=O) groups is 2. The summed E-state index contributed by atoms with van der Waals surface area (Å²) in [6, 6.07) is 7.21. The van der Waals surface area contributed by atoms with Gasteiger partial charge in [-0.25, -0.2) is 0 Å². The van der Waals surface area contributed by atoms with E-state index in [1.54, 1.807) is 28.1 Å².